The summed E-state index contributed by atoms with van der Waals surface area (Å²) in [4.78, 5) is 23.6. The minimum absolute atomic E-state index is 0.0575. The third-order valence-corrected chi connectivity index (χ3v) is 5.54. The summed E-state index contributed by atoms with van der Waals surface area (Å²) in [6.45, 7) is 5.20. The maximum atomic E-state index is 12.8. The highest BCUT2D eigenvalue weighted by Crippen LogP contribution is 2.23. The zero-order chi connectivity index (χ0) is 20.5. The first-order valence-electron chi connectivity index (χ1n) is 8.60. The van der Waals surface area contributed by atoms with Gasteiger partial charge in [-0.15, -0.1) is 0 Å². The number of carbonyl (C=O) groups is 1. The van der Waals surface area contributed by atoms with Crippen LogP contribution in [0.3, 0.4) is 0 Å². The van der Waals surface area contributed by atoms with E-state index in [1.807, 2.05) is 19.1 Å². The summed E-state index contributed by atoms with van der Waals surface area (Å²) in [5, 5.41) is 0. The molecule has 148 valence electrons. The first-order chi connectivity index (χ1) is 13.2. The number of sulfonamides is 1. The molecule has 0 amide bonds. The Labute approximate surface area is 161 Å². The highest BCUT2D eigenvalue weighted by atomic mass is 32.2. The highest BCUT2D eigenvalue weighted by Gasteiger charge is 2.19. The molecule has 0 radical (unpaired) electrons. The molecular weight excluding hydrogens is 384 g/mol. The lowest BCUT2D eigenvalue weighted by atomic mass is 10.1. The third-order valence-electron chi connectivity index (χ3n) is 4.18. The van der Waals surface area contributed by atoms with E-state index >= 15 is 0 Å². The molecule has 0 saturated heterocycles. The van der Waals surface area contributed by atoms with Gasteiger partial charge in [0.15, 0.2) is 5.58 Å². The van der Waals surface area contributed by atoms with E-state index in [1.165, 1.54) is 18.2 Å². The summed E-state index contributed by atoms with van der Waals surface area (Å²) >= 11 is 0. The summed E-state index contributed by atoms with van der Waals surface area (Å²) in [7, 11) is -3.89. The quantitative estimate of drug-likeness (QED) is 0.633. The van der Waals surface area contributed by atoms with E-state index in [2.05, 4.69) is 4.72 Å². The van der Waals surface area contributed by atoms with Crippen molar-refractivity contribution in [1.82, 2.24) is 4.57 Å². The van der Waals surface area contributed by atoms with E-state index in [9.17, 15) is 18.0 Å². The molecule has 0 spiro atoms. The smallest absolute Gasteiger partial charge is 0.420 e. The van der Waals surface area contributed by atoms with Crippen LogP contribution < -0.4 is 10.5 Å². The highest BCUT2D eigenvalue weighted by molar-refractivity contribution is 7.92. The molecule has 1 N–H and O–H groups in total. The summed E-state index contributed by atoms with van der Waals surface area (Å²) in [5.41, 5.74) is 2.55. The van der Waals surface area contributed by atoms with Crippen molar-refractivity contribution in [3.63, 3.8) is 0 Å². The number of hydrogen-bond donors (Lipinski definition) is 1. The Morgan fingerprint density at radius 1 is 1.18 bits per heavy atom. The Bertz CT molecular complexity index is 1210. The number of carbonyl (C=O) groups excluding carboxylic acids is 1. The number of fused-ring (bicyclic) bond motifs is 1. The number of benzene rings is 2. The fraction of sp³-hybridized carbons (Fsp3) is 0.263. The van der Waals surface area contributed by atoms with Crippen LogP contribution in [0, 0.1) is 13.8 Å². The monoisotopic (exact) mass is 404 g/mol. The van der Waals surface area contributed by atoms with Gasteiger partial charge in [-0.1, -0.05) is 12.1 Å². The van der Waals surface area contributed by atoms with Crippen molar-refractivity contribution < 1.29 is 22.4 Å². The number of oxazole rings is 1. The van der Waals surface area contributed by atoms with Gasteiger partial charge in [0.1, 0.15) is 6.54 Å². The molecule has 2 aromatic carbocycles. The van der Waals surface area contributed by atoms with E-state index in [1.54, 1.807) is 19.9 Å². The van der Waals surface area contributed by atoms with E-state index in [4.69, 9.17) is 9.15 Å². The molecule has 0 fully saturated rings. The van der Waals surface area contributed by atoms with Gasteiger partial charge in [0.05, 0.1) is 22.7 Å². The van der Waals surface area contributed by atoms with Gasteiger partial charge in [0.2, 0.25) is 0 Å². The summed E-state index contributed by atoms with van der Waals surface area (Å²) in [5.74, 6) is -1.35. The number of nitrogens with zero attached hydrogens (tertiary/aromatic N) is 1. The molecule has 3 aromatic rings. The van der Waals surface area contributed by atoms with Crippen LogP contribution >= 0.6 is 0 Å². The second-order valence-electron chi connectivity index (χ2n) is 6.31. The number of esters is 1. The molecule has 0 unspecified atom stereocenters. The maximum Gasteiger partial charge on any atom is 0.420 e. The molecule has 0 aliphatic rings. The van der Waals surface area contributed by atoms with Crippen LogP contribution in [0.5, 0.6) is 0 Å². The van der Waals surface area contributed by atoms with E-state index in [0.29, 0.717) is 11.2 Å². The lowest BCUT2D eigenvalue weighted by molar-refractivity contribution is -0.143. The largest absolute Gasteiger partial charge is 0.465 e. The molecule has 0 aliphatic carbocycles. The van der Waals surface area contributed by atoms with E-state index in [0.717, 1.165) is 15.7 Å². The molecule has 3 rings (SSSR count). The van der Waals surface area contributed by atoms with Crippen molar-refractivity contribution in [2.24, 2.45) is 0 Å². The van der Waals surface area contributed by atoms with Crippen molar-refractivity contribution in [1.29, 1.82) is 0 Å². The van der Waals surface area contributed by atoms with Crippen molar-refractivity contribution in [3.8, 4) is 0 Å². The Balaban J connectivity index is 1.97. The van der Waals surface area contributed by atoms with Crippen molar-refractivity contribution in [2.45, 2.75) is 32.2 Å². The number of anilines is 1. The lowest BCUT2D eigenvalue weighted by Gasteiger charge is -2.11. The van der Waals surface area contributed by atoms with Crippen LogP contribution in [0.15, 0.2) is 50.5 Å². The van der Waals surface area contributed by atoms with Gasteiger partial charge in [0, 0.05) is 6.07 Å². The standard InChI is InChI=1S/C19H20N2O6S/c1-4-26-18(22)11-21-16-8-7-14(10-17(16)27-19(21)23)28(24,25)20-15-9-12(2)5-6-13(15)3/h5-10,20H,4,11H2,1-3H3. The van der Waals surface area contributed by atoms with Crippen molar-refractivity contribution >= 4 is 32.8 Å². The number of rotatable bonds is 6. The normalized spacial score (nSPS) is 11.5. The first kappa shape index (κ1) is 19.7. The lowest BCUT2D eigenvalue weighted by Crippen LogP contribution is -2.21. The molecule has 0 atom stereocenters. The first-order valence-corrected chi connectivity index (χ1v) is 10.1. The molecular formula is C19H20N2O6S. The molecule has 9 heteroatoms. The van der Waals surface area contributed by atoms with Crippen LogP contribution in [0.4, 0.5) is 5.69 Å². The molecule has 0 bridgehead atoms. The molecule has 1 heterocycles. The minimum Gasteiger partial charge on any atom is -0.465 e. The number of nitrogens with one attached hydrogen (secondary N) is 1. The van der Waals surface area contributed by atoms with E-state index in [-0.39, 0.29) is 23.6 Å². The second kappa shape index (κ2) is 7.51. The number of aryl methyl sites for hydroxylation is 2. The topological polar surface area (TPSA) is 108 Å². The third kappa shape index (κ3) is 3.94. The van der Waals surface area contributed by atoms with Crippen LogP contribution in [-0.2, 0) is 26.1 Å². The van der Waals surface area contributed by atoms with Crippen LogP contribution in [-0.4, -0.2) is 25.6 Å². The summed E-state index contributed by atoms with van der Waals surface area (Å²) in [6, 6.07) is 9.49. The zero-order valence-electron chi connectivity index (χ0n) is 15.7. The van der Waals surface area contributed by atoms with Crippen molar-refractivity contribution in [3.05, 3.63) is 58.1 Å². The van der Waals surface area contributed by atoms with Crippen LogP contribution in [0.2, 0.25) is 0 Å². The zero-order valence-corrected chi connectivity index (χ0v) is 16.5. The Morgan fingerprint density at radius 3 is 2.64 bits per heavy atom. The number of aromatic nitrogens is 1. The van der Waals surface area contributed by atoms with Gasteiger partial charge in [-0.05, 0) is 50.1 Å². The summed E-state index contributed by atoms with van der Waals surface area (Å²) < 4.78 is 39.1. The van der Waals surface area contributed by atoms with Crippen LogP contribution in [0.1, 0.15) is 18.1 Å². The van der Waals surface area contributed by atoms with Gasteiger partial charge in [-0.3, -0.25) is 14.1 Å². The minimum atomic E-state index is -3.89. The predicted octanol–water partition coefficient (Wildman–Crippen LogP) is 2.58. The maximum absolute atomic E-state index is 12.8. The fourth-order valence-corrected chi connectivity index (χ4v) is 3.89. The average molecular weight is 404 g/mol. The Kier molecular flexibility index (Phi) is 5.28. The molecule has 1 aromatic heterocycles. The van der Waals surface area contributed by atoms with Gasteiger partial charge < -0.3 is 9.15 Å². The number of hydrogen-bond acceptors (Lipinski definition) is 6. The fourth-order valence-electron chi connectivity index (χ4n) is 2.75. The second-order valence-corrected chi connectivity index (χ2v) is 7.99. The van der Waals surface area contributed by atoms with Gasteiger partial charge in [-0.2, -0.15) is 0 Å². The van der Waals surface area contributed by atoms with Gasteiger partial charge in [-0.25, -0.2) is 13.2 Å². The van der Waals surface area contributed by atoms with Gasteiger partial charge >= 0.3 is 11.7 Å². The summed E-state index contributed by atoms with van der Waals surface area (Å²) in [6.07, 6.45) is 0. The molecule has 28 heavy (non-hydrogen) atoms. The Morgan fingerprint density at radius 2 is 1.93 bits per heavy atom. The molecule has 0 saturated carbocycles. The predicted molar refractivity (Wildman–Crippen MR) is 104 cm³/mol. The molecule has 0 aliphatic heterocycles. The molecule has 8 nitrogen and oxygen atoms in total. The number of ether oxygens (including phenoxy) is 1. The van der Waals surface area contributed by atoms with Crippen LogP contribution in [0.25, 0.3) is 11.1 Å². The van der Waals surface area contributed by atoms with Gasteiger partial charge in [0.25, 0.3) is 10.0 Å². The Hall–Kier alpha value is -3.07. The average Bonchev–Trinajstić information content (AvgIpc) is 2.93. The van der Waals surface area contributed by atoms with E-state index < -0.39 is 21.7 Å². The SMILES string of the molecule is CCOC(=O)Cn1c(=O)oc2cc(S(=O)(=O)Nc3cc(C)ccc3C)ccc21. The van der Waals surface area contributed by atoms with Crippen molar-refractivity contribution in [2.75, 3.05) is 11.3 Å².